The van der Waals surface area contributed by atoms with E-state index in [1.54, 1.807) is 0 Å². The van der Waals surface area contributed by atoms with Crippen molar-refractivity contribution >= 4 is 68.6 Å². The molecule has 3 aliphatic rings. The lowest BCUT2D eigenvalue weighted by molar-refractivity contribution is 0.590. The van der Waals surface area contributed by atoms with E-state index in [0.29, 0.717) is 0 Å². The van der Waals surface area contributed by atoms with Crippen molar-refractivity contribution in [1.82, 2.24) is 0 Å². The lowest BCUT2D eigenvalue weighted by Crippen LogP contribution is -2.45. The van der Waals surface area contributed by atoms with Crippen molar-refractivity contribution in [3.63, 3.8) is 0 Å². The van der Waals surface area contributed by atoms with E-state index in [9.17, 15) is 0 Å². The number of anilines is 5. The summed E-state index contributed by atoms with van der Waals surface area (Å²) in [5, 5.41) is 6.30. The Labute approximate surface area is 330 Å². The Morgan fingerprint density at radius 3 is 2.12 bits per heavy atom. The van der Waals surface area contributed by atoms with Crippen molar-refractivity contribution in [1.29, 1.82) is 0 Å². The first-order valence-electron chi connectivity index (χ1n) is 20.1. The number of rotatable bonds is 3. The third-order valence-corrected chi connectivity index (χ3v) is 13.2. The van der Waals surface area contributed by atoms with Crippen molar-refractivity contribution in [2.45, 2.75) is 64.7 Å². The van der Waals surface area contributed by atoms with E-state index in [4.69, 9.17) is 4.42 Å². The third-order valence-electron chi connectivity index (χ3n) is 13.2. The van der Waals surface area contributed by atoms with E-state index < -0.39 is 0 Å². The van der Waals surface area contributed by atoms with Crippen LogP contribution in [0.3, 0.4) is 0 Å². The zero-order valence-electron chi connectivity index (χ0n) is 33.3. The second kappa shape index (κ2) is 11.3. The quantitative estimate of drug-likeness (QED) is 0.184. The number of benzene rings is 7. The zero-order chi connectivity index (χ0) is 38.3. The topological polar surface area (TPSA) is 28.4 Å². The fourth-order valence-electron chi connectivity index (χ4n) is 10.4. The Bertz CT molecular complexity index is 2960. The highest BCUT2D eigenvalue weighted by Gasteiger charge is 2.44. The number of nitrogens with zero attached hydrogens (tertiary/aromatic N) is 1. The molecule has 1 aromatic heterocycles. The molecular formula is C52H45BN2O. The summed E-state index contributed by atoms with van der Waals surface area (Å²) in [7, 11) is 0.814. The number of fused-ring (bicyclic) bond motifs is 11. The largest absolute Gasteiger partial charge is 0.456 e. The maximum atomic E-state index is 6.93. The van der Waals surface area contributed by atoms with Crippen molar-refractivity contribution in [2.24, 2.45) is 0 Å². The van der Waals surface area contributed by atoms with Crippen LogP contribution in [0.15, 0.2) is 138 Å². The van der Waals surface area contributed by atoms with Crippen LogP contribution in [0, 0.1) is 0 Å². The van der Waals surface area contributed by atoms with Gasteiger partial charge in [0.15, 0.2) is 7.28 Å². The third kappa shape index (κ3) is 4.47. The van der Waals surface area contributed by atoms with Gasteiger partial charge in [0.25, 0.3) is 0 Å². The first-order chi connectivity index (χ1) is 26.9. The summed E-state index contributed by atoms with van der Waals surface area (Å²) >= 11 is 0. The lowest BCUT2D eigenvalue weighted by atomic mass is 9.55. The van der Waals surface area contributed by atoms with Gasteiger partial charge in [0.05, 0.1) is 16.8 Å². The molecule has 56 heavy (non-hydrogen) atoms. The average molecular weight is 725 g/mol. The Balaban J connectivity index is 1.26. The molecule has 3 heterocycles. The zero-order valence-corrected chi connectivity index (χ0v) is 33.3. The van der Waals surface area contributed by atoms with Gasteiger partial charge in [-0.1, -0.05) is 151 Å². The maximum Gasteiger partial charge on any atom is 0.198 e. The van der Waals surface area contributed by atoms with E-state index in [0.717, 1.165) is 35.2 Å². The molecule has 1 aliphatic carbocycles. The molecule has 0 radical (unpaired) electrons. The van der Waals surface area contributed by atoms with E-state index >= 15 is 0 Å². The summed E-state index contributed by atoms with van der Waals surface area (Å²) in [4.78, 5) is 2.60. The molecule has 4 heteroatoms. The molecule has 0 spiro atoms. The number of hydrogen-bond acceptors (Lipinski definition) is 3. The molecular weight excluding hydrogens is 679 g/mol. The highest BCUT2D eigenvalue weighted by atomic mass is 16.3. The van der Waals surface area contributed by atoms with E-state index in [1.807, 2.05) is 0 Å². The van der Waals surface area contributed by atoms with E-state index in [2.05, 4.69) is 192 Å². The van der Waals surface area contributed by atoms with E-state index in [1.165, 1.54) is 83.4 Å². The van der Waals surface area contributed by atoms with Gasteiger partial charge in [0.1, 0.15) is 11.2 Å². The molecule has 0 unspecified atom stereocenters. The minimum atomic E-state index is -0.244. The summed E-state index contributed by atoms with van der Waals surface area (Å²) in [5.74, 6) is 0. The Hall–Kier alpha value is -6.00. The fraction of sp³-hybridized carbons (Fsp3) is 0.192. The van der Waals surface area contributed by atoms with Gasteiger partial charge in [0, 0.05) is 38.8 Å². The smallest absolute Gasteiger partial charge is 0.198 e. The van der Waals surface area contributed by atoms with Gasteiger partial charge < -0.3 is 14.6 Å². The van der Waals surface area contributed by atoms with Crippen LogP contribution in [0.1, 0.15) is 76.3 Å². The second-order valence-electron chi connectivity index (χ2n) is 18.2. The van der Waals surface area contributed by atoms with Crippen molar-refractivity contribution in [3.05, 3.63) is 161 Å². The summed E-state index contributed by atoms with van der Waals surface area (Å²) < 4.78 is 6.93. The molecule has 0 amide bonds. The standard InChI is InChI=1S/C52H45BN2O/c1-50(2,3)30-23-25-31(26-24-30)54-40-28-27-33-32-15-8-10-17-36(32)52(6,7)46(33)44(40)35-29-43-45(34-16-9-13-22-42(34)56-43)49-47(35)53-39-20-14-19-38-48(39)55(49)41-21-12-11-18-37(41)51(38,4)5/h8-29,53-54H,1-7H3. The molecule has 7 aromatic carbocycles. The van der Waals surface area contributed by atoms with Gasteiger partial charge >= 0.3 is 0 Å². The van der Waals surface area contributed by atoms with Crippen LogP contribution in [0.4, 0.5) is 28.4 Å². The van der Waals surface area contributed by atoms with Crippen molar-refractivity contribution in [3.8, 4) is 22.3 Å². The molecule has 8 aromatic rings. The molecule has 11 rings (SSSR count). The van der Waals surface area contributed by atoms with Gasteiger partial charge in [-0.05, 0) is 91.8 Å². The summed E-state index contributed by atoms with van der Waals surface area (Å²) in [6, 6.07) is 49.6. The van der Waals surface area contributed by atoms with Crippen LogP contribution in [-0.2, 0) is 16.2 Å². The average Bonchev–Trinajstić information content (AvgIpc) is 3.68. The van der Waals surface area contributed by atoms with Gasteiger partial charge in [-0.25, -0.2) is 0 Å². The van der Waals surface area contributed by atoms with Gasteiger partial charge in [0.2, 0.25) is 0 Å². The monoisotopic (exact) mass is 724 g/mol. The molecule has 0 fully saturated rings. The van der Waals surface area contributed by atoms with Crippen LogP contribution in [0.5, 0.6) is 0 Å². The molecule has 0 saturated carbocycles. The Morgan fingerprint density at radius 1 is 0.607 bits per heavy atom. The molecule has 2 aliphatic heterocycles. The fourth-order valence-corrected chi connectivity index (χ4v) is 10.4. The molecule has 0 saturated heterocycles. The number of hydrogen-bond donors (Lipinski definition) is 1. The van der Waals surface area contributed by atoms with Gasteiger partial charge in [-0.3, -0.25) is 0 Å². The number of nitrogens with one attached hydrogen (secondary N) is 1. The number of furan rings is 1. The summed E-state index contributed by atoms with van der Waals surface area (Å²) in [5.41, 5.74) is 22.0. The Kier molecular flexibility index (Phi) is 6.73. The van der Waals surface area contributed by atoms with Crippen LogP contribution in [0.2, 0.25) is 0 Å². The highest BCUT2D eigenvalue weighted by Crippen LogP contribution is 2.57. The van der Waals surface area contributed by atoms with E-state index in [-0.39, 0.29) is 16.2 Å². The molecule has 1 N–H and O–H groups in total. The molecule has 0 bridgehead atoms. The van der Waals surface area contributed by atoms with Crippen molar-refractivity contribution < 1.29 is 4.42 Å². The minimum absolute atomic E-state index is 0.0760. The lowest BCUT2D eigenvalue weighted by Gasteiger charge is -2.46. The summed E-state index contributed by atoms with van der Waals surface area (Å²) in [6.45, 7) is 16.4. The molecule has 0 atom stereocenters. The van der Waals surface area contributed by atoms with Crippen LogP contribution < -0.4 is 21.1 Å². The normalized spacial score (nSPS) is 15.4. The van der Waals surface area contributed by atoms with Gasteiger partial charge in [-0.2, -0.15) is 0 Å². The number of para-hydroxylation sites is 3. The second-order valence-corrected chi connectivity index (χ2v) is 18.2. The SMILES string of the molecule is CC(C)(C)c1ccc(Nc2ccc3c(c2-c2cc4oc5ccccc5c4c4c2Bc2cccc5c2N4c2ccccc2C5(C)C)C(C)(C)c2ccccc2-3)cc1. The predicted molar refractivity (Wildman–Crippen MR) is 238 cm³/mol. The van der Waals surface area contributed by atoms with Gasteiger partial charge in [-0.15, -0.1) is 0 Å². The first-order valence-corrected chi connectivity index (χ1v) is 20.1. The predicted octanol–water partition coefficient (Wildman–Crippen LogP) is 12.4. The first kappa shape index (κ1) is 33.4. The molecule has 3 nitrogen and oxygen atoms in total. The summed E-state index contributed by atoms with van der Waals surface area (Å²) in [6.07, 6.45) is 0. The van der Waals surface area contributed by atoms with Crippen LogP contribution in [0.25, 0.3) is 44.2 Å². The minimum Gasteiger partial charge on any atom is -0.456 e. The highest BCUT2D eigenvalue weighted by molar-refractivity contribution is 6.74. The van der Waals surface area contributed by atoms with Crippen molar-refractivity contribution in [2.75, 3.05) is 10.2 Å². The maximum absolute atomic E-state index is 6.93. The Morgan fingerprint density at radius 2 is 1.32 bits per heavy atom. The van der Waals surface area contributed by atoms with Crippen LogP contribution >= 0.6 is 0 Å². The molecule has 272 valence electrons. The van der Waals surface area contributed by atoms with Crippen LogP contribution in [-0.4, -0.2) is 7.28 Å².